The van der Waals surface area contributed by atoms with Gasteiger partial charge in [0.25, 0.3) is 5.91 Å². The normalized spacial score (nSPS) is 9.94. The third-order valence-electron chi connectivity index (χ3n) is 2.29. The van der Waals surface area contributed by atoms with Gasteiger partial charge in [-0.05, 0) is 25.1 Å². The average Bonchev–Trinajstić information content (AvgIpc) is 2.30. The molecule has 2 aromatic rings. The predicted octanol–water partition coefficient (Wildman–Crippen LogP) is 2.28. The highest BCUT2D eigenvalue weighted by Gasteiger charge is 2.07. The van der Waals surface area contributed by atoms with Crippen molar-refractivity contribution in [3.8, 4) is 11.6 Å². The molecular weight excluding hydrogens is 216 g/mol. The van der Waals surface area contributed by atoms with Crippen LogP contribution >= 0.6 is 0 Å². The Morgan fingerprint density at radius 2 is 1.88 bits per heavy atom. The van der Waals surface area contributed by atoms with E-state index in [9.17, 15) is 4.79 Å². The summed E-state index contributed by atoms with van der Waals surface area (Å²) in [6, 6.07) is 12.6. The highest BCUT2D eigenvalue weighted by molar-refractivity contribution is 5.93. The maximum absolute atomic E-state index is 11.0. The SMILES string of the molecule is Cc1nc(Oc2ccccc2)ccc1C(N)=O. The van der Waals surface area contributed by atoms with Crippen LogP contribution in [0, 0.1) is 6.92 Å². The largest absolute Gasteiger partial charge is 0.439 e. The molecule has 0 spiro atoms. The van der Waals surface area contributed by atoms with Gasteiger partial charge in [0.2, 0.25) is 5.88 Å². The van der Waals surface area contributed by atoms with Gasteiger partial charge in [0.05, 0.1) is 11.3 Å². The molecule has 1 aromatic carbocycles. The van der Waals surface area contributed by atoms with Gasteiger partial charge >= 0.3 is 0 Å². The van der Waals surface area contributed by atoms with Crippen LogP contribution in [0.1, 0.15) is 16.1 Å². The molecule has 0 aliphatic rings. The highest BCUT2D eigenvalue weighted by atomic mass is 16.5. The molecule has 4 nitrogen and oxygen atoms in total. The highest BCUT2D eigenvalue weighted by Crippen LogP contribution is 2.19. The number of hydrogen-bond donors (Lipinski definition) is 1. The Balaban J connectivity index is 2.24. The van der Waals surface area contributed by atoms with E-state index in [1.54, 1.807) is 19.1 Å². The van der Waals surface area contributed by atoms with Gasteiger partial charge in [-0.2, -0.15) is 0 Å². The number of rotatable bonds is 3. The Bertz CT molecular complexity index is 538. The molecule has 0 saturated heterocycles. The number of aryl methyl sites for hydroxylation is 1. The van der Waals surface area contributed by atoms with Crippen molar-refractivity contribution in [2.75, 3.05) is 0 Å². The van der Waals surface area contributed by atoms with Gasteiger partial charge < -0.3 is 10.5 Å². The van der Waals surface area contributed by atoms with Gasteiger partial charge in [-0.25, -0.2) is 4.98 Å². The van der Waals surface area contributed by atoms with E-state index in [-0.39, 0.29) is 0 Å². The fraction of sp³-hybridized carbons (Fsp3) is 0.0769. The molecule has 4 heteroatoms. The van der Waals surface area contributed by atoms with E-state index in [0.717, 1.165) is 0 Å². The number of amides is 1. The molecule has 1 aromatic heterocycles. The molecule has 0 aliphatic carbocycles. The summed E-state index contributed by atoms with van der Waals surface area (Å²) in [4.78, 5) is 15.2. The molecule has 1 heterocycles. The summed E-state index contributed by atoms with van der Waals surface area (Å²) >= 11 is 0. The first-order valence-corrected chi connectivity index (χ1v) is 5.17. The van der Waals surface area contributed by atoms with Gasteiger partial charge in [-0.3, -0.25) is 4.79 Å². The van der Waals surface area contributed by atoms with E-state index >= 15 is 0 Å². The predicted molar refractivity (Wildman–Crippen MR) is 64.0 cm³/mol. The number of para-hydroxylation sites is 1. The number of aromatic nitrogens is 1. The number of carbonyl (C=O) groups is 1. The smallest absolute Gasteiger partial charge is 0.250 e. The molecule has 2 N–H and O–H groups in total. The third kappa shape index (κ3) is 2.60. The Morgan fingerprint density at radius 1 is 1.18 bits per heavy atom. The van der Waals surface area contributed by atoms with Crippen LogP contribution in [0.25, 0.3) is 0 Å². The topological polar surface area (TPSA) is 65.2 Å². The number of nitrogens with zero attached hydrogens (tertiary/aromatic N) is 1. The molecule has 0 unspecified atom stereocenters. The fourth-order valence-corrected chi connectivity index (χ4v) is 1.46. The molecule has 2 rings (SSSR count). The Morgan fingerprint density at radius 3 is 2.47 bits per heavy atom. The van der Waals surface area contributed by atoms with Crippen molar-refractivity contribution in [1.29, 1.82) is 0 Å². The van der Waals surface area contributed by atoms with Crippen molar-refractivity contribution in [2.24, 2.45) is 5.73 Å². The van der Waals surface area contributed by atoms with E-state index in [1.165, 1.54) is 0 Å². The number of pyridine rings is 1. The first kappa shape index (κ1) is 11.1. The quantitative estimate of drug-likeness (QED) is 0.876. The first-order valence-electron chi connectivity index (χ1n) is 5.17. The van der Waals surface area contributed by atoms with Crippen LogP contribution in [0.2, 0.25) is 0 Å². The van der Waals surface area contributed by atoms with Crippen LogP contribution in [0.5, 0.6) is 11.6 Å². The zero-order valence-electron chi connectivity index (χ0n) is 9.38. The lowest BCUT2D eigenvalue weighted by Crippen LogP contribution is -2.13. The summed E-state index contributed by atoms with van der Waals surface area (Å²) < 4.78 is 5.53. The summed E-state index contributed by atoms with van der Waals surface area (Å²) in [5, 5.41) is 0. The molecule has 1 amide bonds. The van der Waals surface area contributed by atoms with Crippen molar-refractivity contribution in [3.05, 3.63) is 53.7 Å². The van der Waals surface area contributed by atoms with Crippen molar-refractivity contribution in [2.45, 2.75) is 6.92 Å². The van der Waals surface area contributed by atoms with Crippen LogP contribution in [0.3, 0.4) is 0 Å². The fourth-order valence-electron chi connectivity index (χ4n) is 1.46. The molecule has 0 saturated carbocycles. The number of nitrogens with two attached hydrogens (primary N) is 1. The van der Waals surface area contributed by atoms with E-state index < -0.39 is 5.91 Å². The minimum atomic E-state index is -0.485. The van der Waals surface area contributed by atoms with Crippen LogP contribution in [-0.2, 0) is 0 Å². The van der Waals surface area contributed by atoms with Crippen LogP contribution in [-0.4, -0.2) is 10.9 Å². The molecular formula is C13H12N2O2. The second-order valence-electron chi connectivity index (χ2n) is 3.56. The summed E-state index contributed by atoms with van der Waals surface area (Å²) in [5.74, 6) is 0.659. The van der Waals surface area contributed by atoms with Crippen molar-refractivity contribution >= 4 is 5.91 Å². The number of benzene rings is 1. The minimum absolute atomic E-state index is 0.408. The zero-order chi connectivity index (χ0) is 12.3. The Labute approximate surface area is 99.1 Å². The molecule has 0 fully saturated rings. The maximum Gasteiger partial charge on any atom is 0.250 e. The van der Waals surface area contributed by atoms with Crippen molar-refractivity contribution in [1.82, 2.24) is 4.98 Å². The first-order chi connectivity index (χ1) is 8.16. The van der Waals surface area contributed by atoms with Crippen LogP contribution in [0.15, 0.2) is 42.5 Å². The lowest BCUT2D eigenvalue weighted by atomic mass is 10.2. The molecule has 17 heavy (non-hydrogen) atoms. The van der Waals surface area contributed by atoms with E-state index in [2.05, 4.69) is 4.98 Å². The average molecular weight is 228 g/mol. The Kier molecular flexibility index (Phi) is 3.05. The lowest BCUT2D eigenvalue weighted by molar-refractivity contribution is 0.0999. The van der Waals surface area contributed by atoms with Gasteiger partial charge in [0.15, 0.2) is 0 Å². The molecule has 0 bridgehead atoms. The van der Waals surface area contributed by atoms with Gasteiger partial charge in [-0.1, -0.05) is 18.2 Å². The third-order valence-corrected chi connectivity index (χ3v) is 2.29. The summed E-state index contributed by atoms with van der Waals surface area (Å²) in [5.41, 5.74) is 6.17. The van der Waals surface area contributed by atoms with Crippen LogP contribution < -0.4 is 10.5 Å². The molecule has 0 aliphatic heterocycles. The second kappa shape index (κ2) is 4.65. The lowest BCUT2D eigenvalue weighted by Gasteiger charge is -2.06. The number of hydrogen-bond acceptors (Lipinski definition) is 3. The van der Waals surface area contributed by atoms with E-state index in [4.69, 9.17) is 10.5 Å². The molecule has 86 valence electrons. The number of primary amides is 1. The number of carbonyl (C=O) groups excluding carboxylic acids is 1. The molecule has 0 radical (unpaired) electrons. The number of ether oxygens (including phenoxy) is 1. The summed E-state index contributed by atoms with van der Waals surface area (Å²) in [7, 11) is 0. The van der Waals surface area contributed by atoms with Gasteiger partial charge in [-0.15, -0.1) is 0 Å². The summed E-state index contributed by atoms with van der Waals surface area (Å²) in [6.45, 7) is 1.72. The second-order valence-corrected chi connectivity index (χ2v) is 3.56. The van der Waals surface area contributed by atoms with Gasteiger partial charge in [0, 0.05) is 6.07 Å². The Hall–Kier alpha value is -2.36. The maximum atomic E-state index is 11.0. The van der Waals surface area contributed by atoms with E-state index in [0.29, 0.717) is 22.9 Å². The monoisotopic (exact) mass is 228 g/mol. The van der Waals surface area contributed by atoms with Crippen molar-refractivity contribution in [3.63, 3.8) is 0 Å². The minimum Gasteiger partial charge on any atom is -0.439 e. The molecule has 0 atom stereocenters. The summed E-state index contributed by atoms with van der Waals surface area (Å²) in [6.07, 6.45) is 0. The van der Waals surface area contributed by atoms with Crippen molar-refractivity contribution < 1.29 is 9.53 Å². The standard InChI is InChI=1S/C13H12N2O2/c1-9-11(13(14)16)7-8-12(15-9)17-10-5-3-2-4-6-10/h2-8H,1H3,(H2,14,16). The zero-order valence-corrected chi connectivity index (χ0v) is 9.38. The van der Waals surface area contributed by atoms with Gasteiger partial charge in [0.1, 0.15) is 5.75 Å². The van der Waals surface area contributed by atoms with E-state index in [1.807, 2.05) is 30.3 Å². The van der Waals surface area contributed by atoms with Crippen LogP contribution in [0.4, 0.5) is 0 Å².